The van der Waals surface area contributed by atoms with Gasteiger partial charge in [0.25, 0.3) is 5.91 Å². The summed E-state index contributed by atoms with van der Waals surface area (Å²) in [5.74, 6) is -0.878. The van der Waals surface area contributed by atoms with Gasteiger partial charge in [0.1, 0.15) is 5.82 Å². The lowest BCUT2D eigenvalue weighted by Crippen LogP contribution is -2.35. The summed E-state index contributed by atoms with van der Waals surface area (Å²) in [4.78, 5) is 24.8. The minimum absolute atomic E-state index is 0.00420. The number of hydrogen-bond acceptors (Lipinski definition) is 3. The Kier molecular flexibility index (Phi) is 7.66. The van der Waals surface area contributed by atoms with Crippen molar-refractivity contribution < 1.29 is 14.0 Å². The Labute approximate surface area is 165 Å². The van der Waals surface area contributed by atoms with Crippen molar-refractivity contribution in [1.82, 2.24) is 10.6 Å². The van der Waals surface area contributed by atoms with Crippen molar-refractivity contribution in [2.24, 2.45) is 0 Å². The Morgan fingerprint density at radius 2 is 1.77 bits per heavy atom. The molecule has 2 aromatic rings. The molecule has 138 valence electrons. The average Bonchev–Trinajstić information content (AvgIpc) is 2.61. The van der Waals surface area contributed by atoms with Gasteiger partial charge in [-0.25, -0.2) is 4.39 Å². The summed E-state index contributed by atoms with van der Waals surface area (Å²) in [5.41, 5.74) is 2.22. The van der Waals surface area contributed by atoms with Crippen molar-refractivity contribution >= 4 is 39.5 Å². The smallest absolute Gasteiger partial charge is 0.254 e. The maximum atomic E-state index is 13.5. The van der Waals surface area contributed by atoms with Gasteiger partial charge in [0.2, 0.25) is 5.91 Å². The van der Waals surface area contributed by atoms with Crippen LogP contribution in [0.4, 0.5) is 4.39 Å². The Morgan fingerprint density at radius 1 is 1.08 bits per heavy atom. The summed E-state index contributed by atoms with van der Waals surface area (Å²) in [6.45, 7) is 4.53. The molecule has 0 saturated heterocycles. The Morgan fingerprint density at radius 3 is 2.50 bits per heavy atom. The van der Waals surface area contributed by atoms with Crippen LogP contribution in [-0.2, 0) is 4.79 Å². The van der Waals surface area contributed by atoms with Crippen molar-refractivity contribution in [1.29, 1.82) is 0 Å². The molecule has 2 N–H and O–H groups in total. The van der Waals surface area contributed by atoms with E-state index in [-0.39, 0.29) is 24.6 Å². The van der Waals surface area contributed by atoms with E-state index in [1.807, 2.05) is 26.0 Å². The van der Waals surface area contributed by atoms with E-state index in [2.05, 4.69) is 26.6 Å². The third kappa shape index (κ3) is 5.85. The molecule has 0 radical (unpaired) electrons. The largest absolute Gasteiger partial charge is 0.354 e. The van der Waals surface area contributed by atoms with Gasteiger partial charge in [-0.2, -0.15) is 0 Å². The molecule has 0 heterocycles. The van der Waals surface area contributed by atoms with Crippen LogP contribution in [0.2, 0.25) is 0 Å². The number of thioether (sulfide) groups is 1. The number of amides is 2. The fourth-order valence-corrected chi connectivity index (χ4v) is 3.62. The summed E-state index contributed by atoms with van der Waals surface area (Å²) >= 11 is 4.96. The van der Waals surface area contributed by atoms with Crippen LogP contribution in [-0.4, -0.2) is 30.7 Å². The van der Waals surface area contributed by atoms with Crippen molar-refractivity contribution in [2.45, 2.75) is 18.7 Å². The molecule has 0 fully saturated rings. The standard InChI is InChI=1S/C19H20BrFN2O2S/c1-12-10-17(13(2)9-15(12)20)26-11-18(24)22-7-8-23-19(25)14-5-3-4-6-16(14)21/h3-6,9-10H,7-8,11H2,1-2H3,(H,22,24)(H,23,25). The summed E-state index contributed by atoms with van der Waals surface area (Å²) in [6, 6.07) is 9.86. The highest BCUT2D eigenvalue weighted by Crippen LogP contribution is 2.28. The number of carbonyl (C=O) groups excluding carboxylic acids is 2. The third-order valence-electron chi connectivity index (χ3n) is 3.67. The molecule has 2 amide bonds. The number of hydrogen-bond donors (Lipinski definition) is 2. The monoisotopic (exact) mass is 438 g/mol. The van der Waals surface area contributed by atoms with Gasteiger partial charge in [-0.15, -0.1) is 11.8 Å². The lowest BCUT2D eigenvalue weighted by molar-refractivity contribution is -0.118. The van der Waals surface area contributed by atoms with Crippen LogP contribution >= 0.6 is 27.7 Å². The van der Waals surface area contributed by atoms with Crippen molar-refractivity contribution in [3.05, 3.63) is 63.4 Å². The zero-order chi connectivity index (χ0) is 19.1. The quantitative estimate of drug-likeness (QED) is 0.509. The molecule has 0 aromatic heterocycles. The second kappa shape index (κ2) is 9.73. The summed E-state index contributed by atoms with van der Waals surface area (Å²) in [7, 11) is 0. The van der Waals surface area contributed by atoms with Gasteiger partial charge in [0.15, 0.2) is 0 Å². The van der Waals surface area contributed by atoms with E-state index in [1.54, 1.807) is 6.07 Å². The first-order valence-corrected chi connectivity index (χ1v) is 9.85. The molecule has 2 aromatic carbocycles. The fraction of sp³-hybridized carbons (Fsp3) is 0.263. The van der Waals surface area contributed by atoms with E-state index in [4.69, 9.17) is 0 Å². The molecular weight excluding hydrogens is 419 g/mol. The average molecular weight is 439 g/mol. The first-order chi connectivity index (χ1) is 12.4. The van der Waals surface area contributed by atoms with Crippen LogP contribution in [0.5, 0.6) is 0 Å². The van der Waals surface area contributed by atoms with Gasteiger partial charge < -0.3 is 10.6 Å². The van der Waals surface area contributed by atoms with E-state index < -0.39 is 11.7 Å². The van der Waals surface area contributed by atoms with Gasteiger partial charge >= 0.3 is 0 Å². The van der Waals surface area contributed by atoms with E-state index in [1.165, 1.54) is 30.0 Å². The second-order valence-electron chi connectivity index (χ2n) is 5.74. The molecule has 0 atom stereocenters. The molecule has 2 rings (SSSR count). The highest BCUT2D eigenvalue weighted by molar-refractivity contribution is 9.10. The zero-order valence-corrected chi connectivity index (χ0v) is 17.0. The van der Waals surface area contributed by atoms with Crippen LogP contribution in [0.25, 0.3) is 0 Å². The lowest BCUT2D eigenvalue weighted by atomic mass is 10.2. The number of rotatable bonds is 7. The minimum Gasteiger partial charge on any atom is -0.354 e. The SMILES string of the molecule is Cc1cc(SCC(=O)NCCNC(=O)c2ccccc2F)c(C)cc1Br. The third-order valence-corrected chi connectivity index (χ3v) is 5.68. The predicted molar refractivity (Wildman–Crippen MR) is 106 cm³/mol. The number of benzene rings is 2. The molecule has 0 saturated carbocycles. The fourth-order valence-electron chi connectivity index (χ4n) is 2.22. The van der Waals surface area contributed by atoms with E-state index in [9.17, 15) is 14.0 Å². The molecule has 0 aliphatic rings. The highest BCUT2D eigenvalue weighted by Gasteiger charge is 2.10. The first kappa shape index (κ1) is 20.5. The molecule has 0 aliphatic carbocycles. The van der Waals surface area contributed by atoms with Crippen LogP contribution in [0, 0.1) is 19.7 Å². The van der Waals surface area contributed by atoms with Crippen LogP contribution in [0.15, 0.2) is 45.8 Å². The Hall–Kier alpha value is -1.86. The second-order valence-corrected chi connectivity index (χ2v) is 7.61. The summed E-state index contributed by atoms with van der Waals surface area (Å²) in [6.07, 6.45) is 0. The van der Waals surface area contributed by atoms with Gasteiger partial charge in [0.05, 0.1) is 11.3 Å². The Bertz CT molecular complexity index is 814. The molecule has 26 heavy (non-hydrogen) atoms. The summed E-state index contributed by atoms with van der Waals surface area (Å²) in [5, 5.41) is 5.33. The maximum Gasteiger partial charge on any atom is 0.254 e. The van der Waals surface area contributed by atoms with Crippen LogP contribution in [0.1, 0.15) is 21.5 Å². The van der Waals surface area contributed by atoms with Crippen LogP contribution < -0.4 is 10.6 Å². The van der Waals surface area contributed by atoms with E-state index in [0.717, 1.165) is 20.5 Å². The summed E-state index contributed by atoms with van der Waals surface area (Å²) < 4.78 is 14.5. The van der Waals surface area contributed by atoms with Crippen molar-refractivity contribution in [3.8, 4) is 0 Å². The molecular formula is C19H20BrFN2O2S. The topological polar surface area (TPSA) is 58.2 Å². The van der Waals surface area contributed by atoms with Gasteiger partial charge in [-0.05, 0) is 49.2 Å². The molecule has 4 nitrogen and oxygen atoms in total. The van der Waals surface area contributed by atoms with Gasteiger partial charge in [-0.1, -0.05) is 28.1 Å². The highest BCUT2D eigenvalue weighted by atomic mass is 79.9. The first-order valence-electron chi connectivity index (χ1n) is 8.07. The molecule has 0 bridgehead atoms. The van der Waals surface area contributed by atoms with Crippen molar-refractivity contribution in [2.75, 3.05) is 18.8 Å². The maximum absolute atomic E-state index is 13.5. The lowest BCUT2D eigenvalue weighted by Gasteiger charge is -2.10. The normalized spacial score (nSPS) is 10.5. The van der Waals surface area contributed by atoms with E-state index >= 15 is 0 Å². The number of carbonyl (C=O) groups is 2. The molecule has 0 spiro atoms. The van der Waals surface area contributed by atoms with Crippen molar-refractivity contribution in [3.63, 3.8) is 0 Å². The van der Waals surface area contributed by atoms with E-state index in [0.29, 0.717) is 5.75 Å². The molecule has 0 unspecified atom stereocenters. The number of aryl methyl sites for hydroxylation is 2. The minimum atomic E-state index is -0.564. The van der Waals surface area contributed by atoms with Gasteiger partial charge in [-0.3, -0.25) is 9.59 Å². The van der Waals surface area contributed by atoms with Crippen LogP contribution in [0.3, 0.4) is 0 Å². The number of nitrogens with one attached hydrogen (secondary N) is 2. The number of halogens is 2. The Balaban J connectivity index is 1.72. The zero-order valence-electron chi connectivity index (χ0n) is 14.6. The predicted octanol–water partition coefficient (Wildman–Crippen LogP) is 3.84. The molecule has 7 heteroatoms. The van der Waals surface area contributed by atoms with Gasteiger partial charge in [0, 0.05) is 22.5 Å². The molecule has 0 aliphatic heterocycles.